The van der Waals surface area contributed by atoms with Crippen LogP contribution in [-0.4, -0.2) is 43.2 Å². The number of sulfonamides is 1. The second kappa shape index (κ2) is 8.30. The Morgan fingerprint density at radius 2 is 1.90 bits per heavy atom. The van der Waals surface area contributed by atoms with E-state index < -0.39 is 10.0 Å². The molecule has 3 rings (SSSR count). The van der Waals surface area contributed by atoms with E-state index in [1.807, 2.05) is 6.92 Å². The molecule has 29 heavy (non-hydrogen) atoms. The van der Waals surface area contributed by atoms with E-state index in [1.54, 1.807) is 37.3 Å². The number of hydrogen-bond acceptors (Lipinski definition) is 6. The minimum atomic E-state index is -3.95. The van der Waals surface area contributed by atoms with Crippen molar-refractivity contribution in [2.75, 3.05) is 13.7 Å². The first-order valence-electron chi connectivity index (χ1n) is 8.75. The number of amidine groups is 1. The summed E-state index contributed by atoms with van der Waals surface area (Å²) in [6.45, 7) is 3.89. The number of benzene rings is 2. The quantitative estimate of drug-likeness (QED) is 0.728. The van der Waals surface area contributed by atoms with E-state index in [0.717, 1.165) is 17.3 Å². The SMILES string of the molecule is CCN1C(=O)/C(=C/c2ccc(O)c(OC)c2)SC1=NS(=O)(=O)c1ccc(C)cc1. The molecule has 1 heterocycles. The first-order valence-corrected chi connectivity index (χ1v) is 11.0. The molecule has 9 heteroatoms. The predicted molar refractivity (Wildman–Crippen MR) is 113 cm³/mol. The van der Waals surface area contributed by atoms with Gasteiger partial charge in [0, 0.05) is 6.54 Å². The Bertz CT molecular complexity index is 1110. The average Bonchev–Trinajstić information content (AvgIpc) is 2.97. The monoisotopic (exact) mass is 432 g/mol. The molecule has 0 aromatic heterocycles. The van der Waals surface area contributed by atoms with Crippen LogP contribution in [0.1, 0.15) is 18.1 Å². The van der Waals surface area contributed by atoms with Crippen molar-refractivity contribution >= 4 is 38.9 Å². The fraction of sp³-hybridized carbons (Fsp3) is 0.200. The minimum Gasteiger partial charge on any atom is -0.504 e. The lowest BCUT2D eigenvalue weighted by atomic mass is 10.2. The maximum atomic E-state index is 12.7. The predicted octanol–water partition coefficient (Wildman–Crippen LogP) is 3.39. The van der Waals surface area contributed by atoms with Gasteiger partial charge in [-0.05, 0) is 61.5 Å². The maximum absolute atomic E-state index is 12.7. The highest BCUT2D eigenvalue weighted by molar-refractivity contribution is 8.19. The van der Waals surface area contributed by atoms with Gasteiger partial charge in [-0.15, -0.1) is 4.40 Å². The molecule has 1 aliphatic heterocycles. The number of ether oxygens (including phenoxy) is 1. The standard InChI is InChI=1S/C20H20N2O5S2/c1-4-22-19(24)18(12-14-7-10-16(23)17(11-14)27-3)28-20(22)21-29(25,26)15-8-5-13(2)6-9-15/h5-12,23H,4H2,1-3H3/b18-12-,21-20?. The Morgan fingerprint density at radius 3 is 2.52 bits per heavy atom. The molecule has 1 fully saturated rings. The van der Waals surface area contributed by atoms with E-state index in [0.29, 0.717) is 10.5 Å². The summed E-state index contributed by atoms with van der Waals surface area (Å²) < 4.78 is 34.3. The number of carbonyl (C=O) groups is 1. The zero-order valence-electron chi connectivity index (χ0n) is 16.1. The number of amides is 1. The number of thioether (sulfide) groups is 1. The smallest absolute Gasteiger partial charge is 0.284 e. The molecule has 0 radical (unpaired) electrons. The molecule has 1 N–H and O–H groups in total. The largest absolute Gasteiger partial charge is 0.504 e. The number of methoxy groups -OCH3 is 1. The Kier molecular flexibility index (Phi) is 5.99. The molecular formula is C20H20N2O5S2. The van der Waals surface area contributed by atoms with Gasteiger partial charge in [-0.3, -0.25) is 9.69 Å². The highest BCUT2D eigenvalue weighted by Gasteiger charge is 2.34. The van der Waals surface area contributed by atoms with Crippen molar-refractivity contribution in [2.45, 2.75) is 18.7 Å². The first kappa shape index (κ1) is 20.9. The van der Waals surface area contributed by atoms with Crippen molar-refractivity contribution in [3.05, 3.63) is 58.5 Å². The van der Waals surface area contributed by atoms with Crippen LogP contribution in [0.4, 0.5) is 0 Å². The van der Waals surface area contributed by atoms with E-state index in [2.05, 4.69) is 4.40 Å². The number of rotatable bonds is 5. The van der Waals surface area contributed by atoms with Gasteiger partial charge in [0.15, 0.2) is 16.7 Å². The number of aromatic hydroxyl groups is 1. The molecule has 1 amide bonds. The molecule has 1 saturated heterocycles. The molecule has 0 saturated carbocycles. The molecule has 0 spiro atoms. The molecule has 0 unspecified atom stereocenters. The van der Waals surface area contributed by atoms with E-state index in [1.165, 1.54) is 30.2 Å². The van der Waals surface area contributed by atoms with Crippen molar-refractivity contribution in [1.82, 2.24) is 4.90 Å². The van der Waals surface area contributed by atoms with Gasteiger partial charge in [-0.2, -0.15) is 8.42 Å². The zero-order valence-corrected chi connectivity index (χ0v) is 17.8. The van der Waals surface area contributed by atoms with Crippen LogP contribution in [0.2, 0.25) is 0 Å². The molecule has 2 aromatic carbocycles. The summed E-state index contributed by atoms with van der Waals surface area (Å²) in [7, 11) is -2.51. The number of phenolic OH excluding ortho intramolecular Hbond substituents is 1. The Hall–Kier alpha value is -2.78. The molecule has 2 aromatic rings. The van der Waals surface area contributed by atoms with Crippen LogP contribution < -0.4 is 4.74 Å². The molecule has 7 nitrogen and oxygen atoms in total. The summed E-state index contributed by atoms with van der Waals surface area (Å²) in [5, 5.41) is 9.82. The van der Waals surface area contributed by atoms with Crippen molar-refractivity contribution in [3.8, 4) is 11.5 Å². The van der Waals surface area contributed by atoms with Gasteiger partial charge in [0.05, 0.1) is 16.9 Å². The minimum absolute atomic E-state index is 0.0123. The zero-order chi connectivity index (χ0) is 21.2. The first-order chi connectivity index (χ1) is 13.7. The molecule has 0 atom stereocenters. The van der Waals surface area contributed by atoms with Crippen molar-refractivity contribution in [3.63, 3.8) is 0 Å². The third-order valence-corrected chi connectivity index (χ3v) is 6.63. The third-order valence-electron chi connectivity index (χ3n) is 4.22. The lowest BCUT2D eigenvalue weighted by molar-refractivity contribution is -0.122. The van der Waals surface area contributed by atoms with E-state index in [4.69, 9.17) is 4.74 Å². The number of carbonyl (C=O) groups excluding carboxylic acids is 1. The van der Waals surface area contributed by atoms with Crippen LogP contribution in [0.15, 0.2) is 56.7 Å². The Balaban J connectivity index is 1.96. The number of likely N-dealkylation sites (N-methyl/N-ethyl adjacent to an activating group) is 1. The van der Waals surface area contributed by atoms with E-state index >= 15 is 0 Å². The van der Waals surface area contributed by atoms with Crippen LogP contribution in [0.25, 0.3) is 6.08 Å². The molecule has 152 valence electrons. The van der Waals surface area contributed by atoms with Crippen LogP contribution in [0.5, 0.6) is 11.5 Å². The number of aryl methyl sites for hydroxylation is 1. The number of phenols is 1. The Morgan fingerprint density at radius 1 is 1.21 bits per heavy atom. The lowest BCUT2D eigenvalue weighted by Crippen LogP contribution is -2.29. The average molecular weight is 433 g/mol. The summed E-state index contributed by atoms with van der Waals surface area (Å²) in [5.41, 5.74) is 1.57. The molecule has 1 aliphatic rings. The van der Waals surface area contributed by atoms with Crippen LogP contribution in [0.3, 0.4) is 0 Å². The lowest BCUT2D eigenvalue weighted by Gasteiger charge is -2.12. The highest BCUT2D eigenvalue weighted by atomic mass is 32.2. The second-order valence-corrected chi connectivity index (χ2v) is 8.87. The summed E-state index contributed by atoms with van der Waals surface area (Å²) in [6.07, 6.45) is 1.61. The topological polar surface area (TPSA) is 96.3 Å². The van der Waals surface area contributed by atoms with E-state index in [-0.39, 0.29) is 34.0 Å². The second-order valence-electron chi connectivity index (χ2n) is 6.25. The van der Waals surface area contributed by atoms with Crippen molar-refractivity contribution < 1.29 is 23.1 Å². The molecule has 0 bridgehead atoms. The Labute approximate surface area is 173 Å². The normalized spacial score (nSPS) is 17.3. The van der Waals surface area contributed by atoms with Gasteiger partial charge >= 0.3 is 0 Å². The summed E-state index contributed by atoms with van der Waals surface area (Å²) in [4.78, 5) is 14.4. The summed E-state index contributed by atoms with van der Waals surface area (Å²) in [5.74, 6) is -0.0675. The number of nitrogens with zero attached hydrogens (tertiary/aromatic N) is 2. The maximum Gasteiger partial charge on any atom is 0.284 e. The number of hydrogen-bond donors (Lipinski definition) is 1. The van der Waals surface area contributed by atoms with Gasteiger partial charge in [-0.25, -0.2) is 0 Å². The molecular weight excluding hydrogens is 412 g/mol. The summed E-state index contributed by atoms with van der Waals surface area (Å²) in [6, 6.07) is 11.1. The van der Waals surface area contributed by atoms with Gasteiger partial charge in [-0.1, -0.05) is 23.8 Å². The van der Waals surface area contributed by atoms with Gasteiger partial charge in [0.1, 0.15) is 0 Å². The fourth-order valence-corrected chi connectivity index (χ4v) is 4.90. The van der Waals surface area contributed by atoms with Crippen LogP contribution in [-0.2, 0) is 14.8 Å². The highest BCUT2D eigenvalue weighted by Crippen LogP contribution is 2.35. The van der Waals surface area contributed by atoms with Crippen LogP contribution >= 0.6 is 11.8 Å². The van der Waals surface area contributed by atoms with Gasteiger partial charge in [0.2, 0.25) is 0 Å². The van der Waals surface area contributed by atoms with Gasteiger partial charge < -0.3 is 9.84 Å². The summed E-state index contributed by atoms with van der Waals surface area (Å²) >= 11 is 0.994. The van der Waals surface area contributed by atoms with Crippen LogP contribution in [0, 0.1) is 6.92 Å². The van der Waals surface area contributed by atoms with Crippen molar-refractivity contribution in [1.29, 1.82) is 0 Å². The fourth-order valence-electron chi connectivity index (χ4n) is 2.66. The molecule has 0 aliphatic carbocycles. The van der Waals surface area contributed by atoms with Gasteiger partial charge in [0.25, 0.3) is 15.9 Å². The van der Waals surface area contributed by atoms with E-state index in [9.17, 15) is 18.3 Å². The third kappa shape index (κ3) is 4.46. The van der Waals surface area contributed by atoms with Crippen molar-refractivity contribution in [2.24, 2.45) is 4.40 Å².